The molecule has 0 bridgehead atoms. The molecular weight excluding hydrogens is 240 g/mol. The molecule has 0 aliphatic carbocycles. The van der Waals surface area contributed by atoms with Crippen LogP contribution in [0.3, 0.4) is 0 Å². The normalized spacial score (nSPS) is 13.1. The first-order valence-corrected chi connectivity index (χ1v) is 6.94. The van der Waals surface area contributed by atoms with Crippen LogP contribution < -0.4 is 9.44 Å². The number of H-pyrrole nitrogens is 1. The van der Waals surface area contributed by atoms with Crippen molar-refractivity contribution in [2.24, 2.45) is 0 Å². The second-order valence-corrected chi connectivity index (χ2v) is 6.74. The number of rotatable bonds is 4. The van der Waals surface area contributed by atoms with Crippen molar-refractivity contribution in [3.63, 3.8) is 0 Å². The SMILES string of the molecule is CC(C)c1cc(NS(=O)(=O)NC(C)(C)C)n[nH]1. The van der Waals surface area contributed by atoms with Crippen molar-refractivity contribution in [2.45, 2.75) is 46.1 Å². The van der Waals surface area contributed by atoms with E-state index in [1.807, 2.05) is 13.8 Å². The van der Waals surface area contributed by atoms with Crippen molar-refractivity contribution in [2.75, 3.05) is 4.72 Å². The van der Waals surface area contributed by atoms with E-state index in [0.717, 1.165) is 5.69 Å². The third-order valence-electron chi connectivity index (χ3n) is 1.90. The molecule has 0 saturated heterocycles. The van der Waals surface area contributed by atoms with E-state index in [1.165, 1.54) is 0 Å². The van der Waals surface area contributed by atoms with Gasteiger partial charge in [0.15, 0.2) is 5.82 Å². The average molecular weight is 260 g/mol. The summed E-state index contributed by atoms with van der Waals surface area (Å²) >= 11 is 0. The fraction of sp³-hybridized carbons (Fsp3) is 0.700. The van der Waals surface area contributed by atoms with Crippen LogP contribution in [0.2, 0.25) is 0 Å². The minimum absolute atomic E-state index is 0.274. The van der Waals surface area contributed by atoms with Gasteiger partial charge in [0, 0.05) is 17.3 Å². The summed E-state index contributed by atoms with van der Waals surface area (Å²) in [6.45, 7) is 9.32. The molecule has 7 heteroatoms. The molecule has 0 aliphatic rings. The molecule has 6 nitrogen and oxygen atoms in total. The summed E-state index contributed by atoms with van der Waals surface area (Å²) in [6, 6.07) is 1.69. The van der Waals surface area contributed by atoms with Gasteiger partial charge in [-0.3, -0.25) is 9.82 Å². The molecule has 0 saturated carbocycles. The molecule has 0 spiro atoms. The molecule has 0 amide bonds. The monoisotopic (exact) mass is 260 g/mol. The second kappa shape index (κ2) is 4.66. The van der Waals surface area contributed by atoms with Crippen LogP contribution in [-0.2, 0) is 10.2 Å². The number of nitrogens with zero attached hydrogens (tertiary/aromatic N) is 1. The van der Waals surface area contributed by atoms with E-state index in [0.29, 0.717) is 5.82 Å². The molecule has 1 aromatic heterocycles. The fourth-order valence-electron chi connectivity index (χ4n) is 1.25. The maximum Gasteiger partial charge on any atom is 0.300 e. The first-order chi connectivity index (χ1) is 7.59. The smallest absolute Gasteiger partial charge is 0.280 e. The molecule has 0 aliphatic heterocycles. The standard InChI is InChI=1S/C10H20N4O2S/c1-7(2)8-6-9(12-11-8)13-17(15,16)14-10(3,4)5/h6-7,14H,1-5H3,(H2,11,12,13). The number of hydrogen-bond acceptors (Lipinski definition) is 3. The van der Waals surface area contributed by atoms with Crippen LogP contribution >= 0.6 is 0 Å². The van der Waals surface area contributed by atoms with Gasteiger partial charge >= 0.3 is 10.2 Å². The topological polar surface area (TPSA) is 86.9 Å². The van der Waals surface area contributed by atoms with Crippen LogP contribution in [0, 0.1) is 0 Å². The maximum absolute atomic E-state index is 11.7. The number of hydrogen-bond donors (Lipinski definition) is 3. The van der Waals surface area contributed by atoms with Gasteiger partial charge in [-0.1, -0.05) is 13.8 Å². The lowest BCUT2D eigenvalue weighted by Gasteiger charge is -2.20. The molecule has 1 heterocycles. The summed E-state index contributed by atoms with van der Waals surface area (Å²) in [6.07, 6.45) is 0. The number of anilines is 1. The van der Waals surface area contributed by atoms with Crippen molar-refractivity contribution >= 4 is 16.0 Å². The molecule has 1 aromatic rings. The van der Waals surface area contributed by atoms with Crippen molar-refractivity contribution < 1.29 is 8.42 Å². The first kappa shape index (κ1) is 14.0. The lowest BCUT2D eigenvalue weighted by Crippen LogP contribution is -2.43. The van der Waals surface area contributed by atoms with Gasteiger partial charge in [-0.05, 0) is 26.7 Å². The van der Waals surface area contributed by atoms with E-state index in [4.69, 9.17) is 0 Å². The lowest BCUT2D eigenvalue weighted by molar-refractivity contribution is 0.494. The quantitative estimate of drug-likeness (QED) is 0.768. The average Bonchev–Trinajstić information content (AvgIpc) is 2.46. The van der Waals surface area contributed by atoms with E-state index in [2.05, 4.69) is 19.6 Å². The van der Waals surface area contributed by atoms with Crippen molar-refractivity contribution in [3.05, 3.63) is 11.8 Å². The molecule has 0 fully saturated rings. The first-order valence-electron chi connectivity index (χ1n) is 5.46. The van der Waals surface area contributed by atoms with Gasteiger partial charge in [-0.2, -0.15) is 18.2 Å². The molecule has 0 atom stereocenters. The Morgan fingerprint density at radius 3 is 2.35 bits per heavy atom. The van der Waals surface area contributed by atoms with Crippen LogP contribution in [0.15, 0.2) is 6.07 Å². The minimum atomic E-state index is -3.59. The van der Waals surface area contributed by atoms with Crippen LogP contribution in [0.5, 0.6) is 0 Å². The fourth-order valence-corrected chi connectivity index (χ4v) is 2.49. The van der Waals surface area contributed by atoms with E-state index < -0.39 is 15.7 Å². The number of nitrogens with one attached hydrogen (secondary N) is 3. The number of aromatic nitrogens is 2. The van der Waals surface area contributed by atoms with Crippen LogP contribution in [0.25, 0.3) is 0 Å². The Hall–Kier alpha value is -1.08. The Kier molecular flexibility index (Phi) is 3.83. The minimum Gasteiger partial charge on any atom is -0.280 e. The summed E-state index contributed by atoms with van der Waals surface area (Å²) in [5.74, 6) is 0.571. The van der Waals surface area contributed by atoms with Gasteiger partial charge in [0.1, 0.15) is 0 Å². The summed E-state index contributed by atoms with van der Waals surface area (Å²) in [5, 5.41) is 6.68. The molecule has 3 N–H and O–H groups in total. The maximum atomic E-state index is 11.7. The van der Waals surface area contributed by atoms with Crippen LogP contribution in [0.4, 0.5) is 5.82 Å². The Labute approximate surface area is 102 Å². The van der Waals surface area contributed by atoms with E-state index >= 15 is 0 Å². The highest BCUT2D eigenvalue weighted by molar-refractivity contribution is 7.90. The van der Waals surface area contributed by atoms with Gasteiger partial charge in [0.25, 0.3) is 0 Å². The predicted molar refractivity (Wildman–Crippen MR) is 68.1 cm³/mol. The molecular formula is C10H20N4O2S. The zero-order valence-electron chi connectivity index (χ0n) is 10.8. The zero-order valence-corrected chi connectivity index (χ0v) is 11.6. The van der Waals surface area contributed by atoms with Crippen molar-refractivity contribution in [3.8, 4) is 0 Å². The molecule has 0 unspecified atom stereocenters. The van der Waals surface area contributed by atoms with E-state index in [9.17, 15) is 8.42 Å². The molecule has 0 radical (unpaired) electrons. The zero-order chi connectivity index (χ0) is 13.3. The van der Waals surface area contributed by atoms with Gasteiger partial charge in [-0.25, -0.2) is 0 Å². The van der Waals surface area contributed by atoms with Crippen molar-refractivity contribution in [1.82, 2.24) is 14.9 Å². The molecule has 98 valence electrons. The van der Waals surface area contributed by atoms with Crippen molar-refractivity contribution in [1.29, 1.82) is 0 Å². The molecule has 1 rings (SSSR count). The van der Waals surface area contributed by atoms with E-state index in [1.54, 1.807) is 26.8 Å². The second-order valence-electron chi connectivity index (χ2n) is 5.32. The van der Waals surface area contributed by atoms with Crippen LogP contribution in [-0.4, -0.2) is 24.2 Å². The summed E-state index contributed by atoms with van der Waals surface area (Å²) < 4.78 is 28.3. The van der Waals surface area contributed by atoms with Gasteiger partial charge in [0.05, 0.1) is 0 Å². The highest BCUT2D eigenvalue weighted by atomic mass is 32.2. The lowest BCUT2D eigenvalue weighted by atomic mass is 10.1. The van der Waals surface area contributed by atoms with E-state index in [-0.39, 0.29) is 5.92 Å². The number of aromatic amines is 1. The highest BCUT2D eigenvalue weighted by Crippen LogP contribution is 2.15. The Morgan fingerprint density at radius 1 is 1.35 bits per heavy atom. The highest BCUT2D eigenvalue weighted by Gasteiger charge is 2.20. The third-order valence-corrected chi connectivity index (χ3v) is 3.26. The van der Waals surface area contributed by atoms with Gasteiger partial charge in [-0.15, -0.1) is 0 Å². The van der Waals surface area contributed by atoms with Gasteiger partial charge in [0.2, 0.25) is 0 Å². The third kappa shape index (κ3) is 4.74. The Bertz CT molecular complexity index is 471. The largest absolute Gasteiger partial charge is 0.300 e. The Morgan fingerprint density at radius 2 is 1.94 bits per heavy atom. The molecule has 0 aromatic carbocycles. The summed E-state index contributed by atoms with van der Waals surface area (Å²) in [4.78, 5) is 0. The molecule has 17 heavy (non-hydrogen) atoms. The van der Waals surface area contributed by atoms with Crippen LogP contribution in [0.1, 0.15) is 46.2 Å². The summed E-state index contributed by atoms with van der Waals surface area (Å²) in [7, 11) is -3.59. The van der Waals surface area contributed by atoms with Gasteiger partial charge < -0.3 is 0 Å². The predicted octanol–water partition coefficient (Wildman–Crippen LogP) is 1.58. The Balaban J connectivity index is 2.77. The summed E-state index contributed by atoms with van der Waals surface area (Å²) in [5.41, 5.74) is 0.363.